The summed E-state index contributed by atoms with van der Waals surface area (Å²) in [6.45, 7) is 0.324. The van der Waals surface area contributed by atoms with E-state index in [0.717, 1.165) is 10.8 Å². The van der Waals surface area contributed by atoms with E-state index in [9.17, 15) is 0 Å². The van der Waals surface area contributed by atoms with Crippen LogP contribution < -0.4 is 0 Å². The fraction of sp³-hybridized carbons (Fsp3) is 0.259. The predicted octanol–water partition coefficient (Wildman–Crippen LogP) is 7.40. The summed E-state index contributed by atoms with van der Waals surface area (Å²) in [5, 5.41) is 2.26. The second kappa shape index (κ2) is 6.66. The van der Waals surface area contributed by atoms with Gasteiger partial charge < -0.3 is 4.42 Å². The van der Waals surface area contributed by atoms with E-state index in [2.05, 4.69) is 9.97 Å². The number of aromatic nitrogens is 2. The van der Waals surface area contributed by atoms with E-state index in [1.54, 1.807) is 39.0 Å². The Balaban J connectivity index is 1.77. The summed E-state index contributed by atoms with van der Waals surface area (Å²) in [5.74, 6) is 0. The highest BCUT2D eigenvalue weighted by Crippen LogP contribution is 2.38. The Labute approximate surface area is 188 Å². The number of hydrogen-bond acceptors (Lipinski definition) is 3. The fourth-order valence-corrected chi connectivity index (χ4v) is 3.77. The number of nitrogens with zero attached hydrogens (tertiary/aromatic N) is 2. The molecule has 0 atom stereocenters. The minimum absolute atomic E-state index is 0.000320. The first-order valence-electron chi connectivity index (χ1n) is 13.8. The molecule has 0 N–H and O–H groups in total. The van der Waals surface area contributed by atoms with Gasteiger partial charge in [-0.1, -0.05) is 32.9 Å². The minimum atomic E-state index is -2.54. The van der Waals surface area contributed by atoms with E-state index in [0.29, 0.717) is 33.3 Å². The summed E-state index contributed by atoms with van der Waals surface area (Å²) in [6.07, 6.45) is -0.725. The van der Waals surface area contributed by atoms with Gasteiger partial charge in [0.2, 0.25) is 0 Å². The van der Waals surface area contributed by atoms with Gasteiger partial charge in [0.15, 0.2) is 0 Å². The normalized spacial score (nSPS) is 17.6. The maximum atomic E-state index is 8.82. The van der Waals surface area contributed by atoms with Crippen LogP contribution in [-0.2, 0) is 6.37 Å². The number of hydrogen-bond donors (Lipinski definition) is 0. The number of benzene rings is 2. The summed E-state index contributed by atoms with van der Waals surface area (Å²) in [6, 6.07) is 13.8. The van der Waals surface area contributed by atoms with Crippen LogP contribution in [0.3, 0.4) is 0 Å². The summed E-state index contributed by atoms with van der Waals surface area (Å²) in [5.41, 5.74) is 1.57. The average Bonchev–Trinajstić information content (AvgIpc) is 3.20. The molecule has 3 nitrogen and oxygen atoms in total. The van der Waals surface area contributed by atoms with Crippen LogP contribution in [0.4, 0.5) is 0 Å². The Morgan fingerprint density at radius 2 is 1.80 bits per heavy atom. The third kappa shape index (κ3) is 3.15. The molecule has 0 aliphatic carbocycles. The maximum absolute atomic E-state index is 8.82. The molecule has 0 radical (unpaired) electrons. The van der Waals surface area contributed by atoms with Crippen LogP contribution in [0.2, 0.25) is 0 Å². The molecule has 3 heteroatoms. The van der Waals surface area contributed by atoms with E-state index in [-0.39, 0.29) is 16.8 Å². The van der Waals surface area contributed by atoms with Gasteiger partial charge in [-0.2, -0.15) is 0 Å². The molecule has 0 unspecified atom stereocenters. The first-order valence-corrected chi connectivity index (χ1v) is 9.77. The van der Waals surface area contributed by atoms with Crippen molar-refractivity contribution in [2.24, 2.45) is 5.41 Å². The zero-order valence-electron chi connectivity index (χ0n) is 25.0. The zero-order valence-corrected chi connectivity index (χ0v) is 17.0. The van der Waals surface area contributed by atoms with Gasteiger partial charge in [-0.05, 0) is 73.0 Å². The molecule has 30 heavy (non-hydrogen) atoms. The summed E-state index contributed by atoms with van der Waals surface area (Å²) in [4.78, 5) is 8.74. The van der Waals surface area contributed by atoms with E-state index < -0.39 is 25.5 Å². The van der Waals surface area contributed by atoms with E-state index in [4.69, 9.17) is 15.4 Å². The van der Waals surface area contributed by atoms with Gasteiger partial charge in [0, 0.05) is 44.6 Å². The zero-order chi connectivity index (χ0) is 27.8. The van der Waals surface area contributed by atoms with Crippen LogP contribution in [0.25, 0.3) is 44.1 Å². The van der Waals surface area contributed by atoms with Gasteiger partial charge in [0.25, 0.3) is 0 Å². The molecule has 0 aliphatic rings. The quantitative estimate of drug-likeness (QED) is 0.309. The Morgan fingerprint density at radius 3 is 2.60 bits per heavy atom. The summed E-state index contributed by atoms with van der Waals surface area (Å²) < 4.78 is 70.9. The standard InChI is InChI=1S/C27H26N2O/c1-16-15-28-24(13-18(16)14-27(3,4)5)21-8-6-7-19-20-11-12-23-22(10-9-17(2)29-23)26(20)30-25(19)21/h6-13,15H,14H2,1-5H3/i1D3,2D3,14D2. The molecule has 3 heterocycles. The van der Waals surface area contributed by atoms with Crippen LogP contribution in [-0.4, -0.2) is 9.97 Å². The highest BCUT2D eigenvalue weighted by Gasteiger charge is 2.18. The van der Waals surface area contributed by atoms with Crippen LogP contribution in [0, 0.1) is 19.1 Å². The first kappa shape index (κ1) is 11.8. The van der Waals surface area contributed by atoms with E-state index >= 15 is 0 Å². The highest BCUT2D eigenvalue weighted by molar-refractivity contribution is 6.16. The van der Waals surface area contributed by atoms with Crippen molar-refractivity contribution in [2.45, 2.75) is 40.8 Å². The van der Waals surface area contributed by atoms with Gasteiger partial charge in [-0.15, -0.1) is 0 Å². The molecule has 150 valence electrons. The van der Waals surface area contributed by atoms with Gasteiger partial charge in [0.05, 0.1) is 11.2 Å². The van der Waals surface area contributed by atoms with Crippen LogP contribution >= 0.6 is 0 Å². The number of aryl methyl sites for hydroxylation is 2. The molecular formula is C27H26N2O. The second-order valence-corrected chi connectivity index (χ2v) is 8.48. The molecule has 0 spiro atoms. The minimum Gasteiger partial charge on any atom is -0.455 e. The topological polar surface area (TPSA) is 38.9 Å². The van der Waals surface area contributed by atoms with Gasteiger partial charge >= 0.3 is 0 Å². The lowest BCUT2D eigenvalue weighted by atomic mass is 9.86. The lowest BCUT2D eigenvalue weighted by Crippen LogP contribution is -2.10. The predicted molar refractivity (Wildman–Crippen MR) is 125 cm³/mol. The van der Waals surface area contributed by atoms with Crippen molar-refractivity contribution in [3.63, 3.8) is 0 Å². The van der Waals surface area contributed by atoms with Crippen molar-refractivity contribution in [3.8, 4) is 11.3 Å². The molecule has 0 saturated carbocycles. The van der Waals surface area contributed by atoms with Crippen LogP contribution in [0.15, 0.2) is 59.1 Å². The Bertz CT molecular complexity index is 1710. The van der Waals surface area contributed by atoms with Crippen LogP contribution in [0.1, 0.15) is 48.6 Å². The Morgan fingerprint density at radius 1 is 0.967 bits per heavy atom. The first-order chi connectivity index (χ1) is 17.5. The molecule has 2 aromatic carbocycles. The molecule has 0 saturated heterocycles. The summed E-state index contributed by atoms with van der Waals surface area (Å²) >= 11 is 0. The van der Waals surface area contributed by atoms with Crippen molar-refractivity contribution in [1.29, 1.82) is 0 Å². The van der Waals surface area contributed by atoms with E-state index in [1.807, 2.05) is 18.2 Å². The molecule has 5 aromatic rings. The van der Waals surface area contributed by atoms with Crippen molar-refractivity contribution < 1.29 is 15.4 Å². The number of rotatable bonds is 2. The molecule has 5 rings (SSSR count). The Kier molecular flexibility index (Phi) is 2.63. The van der Waals surface area contributed by atoms with Gasteiger partial charge in [0.1, 0.15) is 11.2 Å². The average molecular weight is 403 g/mol. The molecular weight excluding hydrogens is 368 g/mol. The molecule has 0 fully saturated rings. The van der Waals surface area contributed by atoms with E-state index in [1.165, 1.54) is 18.3 Å². The largest absolute Gasteiger partial charge is 0.455 e. The molecule has 0 bridgehead atoms. The molecule has 0 amide bonds. The van der Waals surface area contributed by atoms with Crippen molar-refractivity contribution in [3.05, 3.63) is 71.5 Å². The monoisotopic (exact) mass is 402 g/mol. The van der Waals surface area contributed by atoms with Crippen molar-refractivity contribution in [2.75, 3.05) is 0 Å². The fourth-order valence-electron chi connectivity index (χ4n) is 3.77. The third-order valence-electron chi connectivity index (χ3n) is 5.02. The second-order valence-electron chi connectivity index (χ2n) is 8.48. The van der Waals surface area contributed by atoms with Crippen molar-refractivity contribution >= 4 is 32.8 Å². The summed E-state index contributed by atoms with van der Waals surface area (Å²) in [7, 11) is 0. The molecule has 3 aromatic heterocycles. The van der Waals surface area contributed by atoms with Gasteiger partial charge in [-0.3, -0.25) is 9.97 Å². The number of furan rings is 1. The lowest BCUT2D eigenvalue weighted by molar-refractivity contribution is 0.410. The number of para-hydroxylation sites is 1. The SMILES string of the molecule is [2H]C([2H])([2H])c1ccc2c(ccc3c4cccc(-c5cc(C([2H])([2H])C(C)(C)C)c(C([2H])([2H])[2H])cn5)c4oc23)n1. The number of pyridine rings is 2. The third-order valence-corrected chi connectivity index (χ3v) is 5.02. The molecule has 0 aliphatic heterocycles. The van der Waals surface area contributed by atoms with Crippen LogP contribution in [0.5, 0.6) is 0 Å². The lowest BCUT2D eigenvalue weighted by Gasteiger charge is -2.20. The smallest absolute Gasteiger partial charge is 0.144 e. The highest BCUT2D eigenvalue weighted by atomic mass is 16.3. The van der Waals surface area contributed by atoms with Crippen molar-refractivity contribution in [1.82, 2.24) is 9.97 Å². The van der Waals surface area contributed by atoms with Gasteiger partial charge in [-0.25, -0.2) is 0 Å². The number of fused-ring (bicyclic) bond motifs is 5. The Hall–Kier alpha value is -3.20. The maximum Gasteiger partial charge on any atom is 0.144 e.